The van der Waals surface area contributed by atoms with Crippen LogP contribution in [0.5, 0.6) is 0 Å². The summed E-state index contributed by atoms with van der Waals surface area (Å²) < 4.78 is 4.40. The molecule has 0 bridgehead atoms. The number of ketones is 1. The van der Waals surface area contributed by atoms with Crippen LogP contribution < -0.4 is 0 Å². The smallest absolute Gasteiger partial charge is 0.191 e. The third kappa shape index (κ3) is 4.04. The molecule has 0 spiro atoms. The van der Waals surface area contributed by atoms with E-state index >= 15 is 0 Å². The van der Waals surface area contributed by atoms with Crippen molar-refractivity contribution in [2.24, 2.45) is 0 Å². The Kier molecular flexibility index (Phi) is 5.90. The lowest BCUT2D eigenvalue weighted by Gasteiger charge is -2.24. The molecular formula is C23H28N4OS. The summed E-state index contributed by atoms with van der Waals surface area (Å²) in [5.74, 6) is 1.47. The van der Waals surface area contributed by atoms with Crippen LogP contribution in [0.2, 0.25) is 0 Å². The van der Waals surface area contributed by atoms with E-state index in [1.165, 1.54) is 43.9 Å². The summed E-state index contributed by atoms with van der Waals surface area (Å²) in [5, 5.41) is 9.54. The van der Waals surface area contributed by atoms with Crippen molar-refractivity contribution in [1.29, 1.82) is 0 Å². The summed E-state index contributed by atoms with van der Waals surface area (Å²) in [5.41, 5.74) is 3.94. The third-order valence-electron chi connectivity index (χ3n) is 5.85. The second kappa shape index (κ2) is 8.57. The zero-order chi connectivity index (χ0) is 20.4. The Morgan fingerprint density at radius 2 is 1.79 bits per heavy atom. The number of benzene rings is 1. The fraction of sp³-hybridized carbons (Fsp3) is 0.435. The number of thioether (sulfide) groups is 1. The minimum absolute atomic E-state index is 0.140. The first-order valence-corrected chi connectivity index (χ1v) is 11.4. The summed E-state index contributed by atoms with van der Waals surface area (Å²) in [6, 6.07) is 12.7. The molecule has 1 aliphatic rings. The lowest BCUT2D eigenvalue weighted by Crippen LogP contribution is -2.15. The van der Waals surface area contributed by atoms with Gasteiger partial charge < -0.3 is 9.13 Å². The number of hydrogen-bond acceptors (Lipinski definition) is 4. The topological polar surface area (TPSA) is 52.7 Å². The molecule has 4 rings (SSSR count). The van der Waals surface area contributed by atoms with Crippen LogP contribution >= 0.6 is 11.8 Å². The molecule has 29 heavy (non-hydrogen) atoms. The number of nitrogens with zero attached hydrogens (tertiary/aromatic N) is 4. The van der Waals surface area contributed by atoms with Crippen molar-refractivity contribution >= 4 is 17.5 Å². The minimum atomic E-state index is 0.140. The van der Waals surface area contributed by atoms with E-state index in [0.29, 0.717) is 11.8 Å². The molecule has 6 heteroatoms. The number of aromatic nitrogens is 4. The van der Waals surface area contributed by atoms with Crippen LogP contribution in [0, 0.1) is 20.8 Å². The maximum absolute atomic E-state index is 13.0. The van der Waals surface area contributed by atoms with Crippen molar-refractivity contribution in [3.8, 4) is 5.69 Å². The highest BCUT2D eigenvalue weighted by Gasteiger charge is 2.23. The Balaban J connectivity index is 1.52. The number of carbonyl (C=O) groups excluding carboxylic acids is 1. The number of rotatable bonds is 6. The zero-order valence-electron chi connectivity index (χ0n) is 17.4. The average Bonchev–Trinajstić information content (AvgIpc) is 3.26. The monoisotopic (exact) mass is 408 g/mol. The van der Waals surface area contributed by atoms with Crippen LogP contribution in [-0.2, 0) is 0 Å². The lowest BCUT2D eigenvalue weighted by atomic mass is 9.95. The van der Waals surface area contributed by atoms with E-state index in [9.17, 15) is 4.79 Å². The van der Waals surface area contributed by atoms with Crippen LogP contribution in [0.4, 0.5) is 0 Å². The number of Topliss-reactive ketones (excluding diaryl/α,β-unsaturated/α-hetero) is 1. The van der Waals surface area contributed by atoms with Gasteiger partial charge in [-0.05, 0) is 51.8 Å². The molecule has 1 saturated carbocycles. The van der Waals surface area contributed by atoms with Crippen LogP contribution in [-0.4, -0.2) is 30.9 Å². The minimum Gasteiger partial charge on any atom is -0.318 e. The molecule has 152 valence electrons. The number of aryl methyl sites for hydroxylation is 2. The summed E-state index contributed by atoms with van der Waals surface area (Å²) in [6.45, 7) is 6.08. The van der Waals surface area contributed by atoms with Gasteiger partial charge in [0.2, 0.25) is 0 Å². The maximum Gasteiger partial charge on any atom is 0.191 e. The molecule has 0 unspecified atom stereocenters. The summed E-state index contributed by atoms with van der Waals surface area (Å²) in [6.07, 6.45) is 6.19. The Morgan fingerprint density at radius 3 is 2.52 bits per heavy atom. The van der Waals surface area contributed by atoms with E-state index in [2.05, 4.69) is 31.5 Å². The molecule has 1 aromatic carbocycles. The highest BCUT2D eigenvalue weighted by molar-refractivity contribution is 7.99. The van der Waals surface area contributed by atoms with Gasteiger partial charge in [0.1, 0.15) is 5.82 Å². The van der Waals surface area contributed by atoms with Crippen molar-refractivity contribution in [1.82, 2.24) is 19.3 Å². The Morgan fingerprint density at radius 1 is 1.07 bits per heavy atom. The molecule has 1 aliphatic carbocycles. The molecule has 0 saturated heterocycles. The first kappa shape index (κ1) is 20.0. The van der Waals surface area contributed by atoms with Gasteiger partial charge in [0.15, 0.2) is 10.9 Å². The van der Waals surface area contributed by atoms with Crippen LogP contribution in [0.15, 0.2) is 41.6 Å². The molecule has 0 radical (unpaired) electrons. The Labute approximate surface area is 176 Å². The van der Waals surface area contributed by atoms with Gasteiger partial charge in [-0.25, -0.2) is 0 Å². The molecule has 1 fully saturated rings. The fourth-order valence-corrected chi connectivity index (χ4v) is 5.37. The van der Waals surface area contributed by atoms with Gasteiger partial charge in [0.25, 0.3) is 0 Å². The second-order valence-corrected chi connectivity index (χ2v) is 8.80. The predicted molar refractivity (Wildman–Crippen MR) is 117 cm³/mol. The van der Waals surface area contributed by atoms with Crippen molar-refractivity contribution < 1.29 is 4.79 Å². The first-order chi connectivity index (χ1) is 14.1. The molecule has 3 aromatic rings. The van der Waals surface area contributed by atoms with Gasteiger partial charge in [-0.2, -0.15) is 0 Å². The molecule has 2 heterocycles. The van der Waals surface area contributed by atoms with Crippen LogP contribution in [0.3, 0.4) is 0 Å². The zero-order valence-corrected chi connectivity index (χ0v) is 18.2. The van der Waals surface area contributed by atoms with Gasteiger partial charge >= 0.3 is 0 Å². The fourth-order valence-electron chi connectivity index (χ4n) is 4.44. The van der Waals surface area contributed by atoms with Gasteiger partial charge in [0, 0.05) is 28.7 Å². The quantitative estimate of drug-likeness (QED) is 0.401. The van der Waals surface area contributed by atoms with Gasteiger partial charge in [-0.15, -0.1) is 10.2 Å². The summed E-state index contributed by atoms with van der Waals surface area (Å²) in [7, 11) is 0. The van der Waals surface area contributed by atoms with Crippen LogP contribution in [0.1, 0.15) is 65.7 Å². The molecule has 0 atom stereocenters. The second-order valence-electron chi connectivity index (χ2n) is 7.86. The molecule has 0 amide bonds. The van der Waals surface area contributed by atoms with Crippen molar-refractivity contribution in [3.05, 3.63) is 59.2 Å². The SMILES string of the molecule is Cc1cc(C(=O)CSc2nnc(C)n2C2CCCCC2)c(C)n1-c1ccccc1. The molecular weight excluding hydrogens is 380 g/mol. The summed E-state index contributed by atoms with van der Waals surface area (Å²) in [4.78, 5) is 13.0. The van der Waals surface area contributed by atoms with E-state index in [1.807, 2.05) is 45.0 Å². The molecule has 2 aromatic heterocycles. The van der Waals surface area contributed by atoms with E-state index in [0.717, 1.165) is 33.6 Å². The van der Waals surface area contributed by atoms with E-state index in [4.69, 9.17) is 0 Å². The van der Waals surface area contributed by atoms with E-state index < -0.39 is 0 Å². The van der Waals surface area contributed by atoms with E-state index in [-0.39, 0.29) is 5.78 Å². The highest BCUT2D eigenvalue weighted by Crippen LogP contribution is 2.33. The maximum atomic E-state index is 13.0. The predicted octanol–water partition coefficient (Wildman–Crippen LogP) is 5.47. The molecule has 0 aliphatic heterocycles. The van der Waals surface area contributed by atoms with Crippen molar-refractivity contribution in [2.45, 2.75) is 64.1 Å². The normalized spacial score (nSPS) is 15.0. The van der Waals surface area contributed by atoms with Crippen molar-refractivity contribution in [2.75, 3.05) is 5.75 Å². The standard InChI is InChI=1S/C23H28N4OS/c1-16-14-21(17(2)26(16)19-10-6-4-7-11-19)22(28)15-29-23-25-24-18(3)27(23)20-12-8-5-9-13-20/h4,6-7,10-11,14,20H,5,8-9,12-13,15H2,1-3H3. The van der Waals surface area contributed by atoms with Gasteiger partial charge in [-0.3, -0.25) is 4.79 Å². The first-order valence-electron chi connectivity index (χ1n) is 10.4. The highest BCUT2D eigenvalue weighted by atomic mass is 32.2. The van der Waals surface area contributed by atoms with Crippen molar-refractivity contribution in [3.63, 3.8) is 0 Å². The van der Waals surface area contributed by atoms with E-state index in [1.54, 1.807) is 0 Å². The van der Waals surface area contributed by atoms with Gasteiger partial charge in [-0.1, -0.05) is 49.2 Å². The third-order valence-corrected chi connectivity index (χ3v) is 6.80. The number of para-hydroxylation sites is 1. The average molecular weight is 409 g/mol. The number of hydrogen-bond donors (Lipinski definition) is 0. The molecule has 5 nitrogen and oxygen atoms in total. The lowest BCUT2D eigenvalue weighted by molar-refractivity contribution is 0.102. The van der Waals surface area contributed by atoms with Crippen LogP contribution in [0.25, 0.3) is 5.69 Å². The molecule has 0 N–H and O–H groups in total. The largest absolute Gasteiger partial charge is 0.318 e. The Bertz CT molecular complexity index is 1000. The number of carbonyl (C=O) groups is 1. The Hall–Kier alpha value is -2.34. The van der Waals surface area contributed by atoms with Gasteiger partial charge in [0.05, 0.1) is 5.75 Å². The summed E-state index contributed by atoms with van der Waals surface area (Å²) >= 11 is 1.51.